The van der Waals surface area contributed by atoms with Crippen LogP contribution >= 0.6 is 0 Å². The molecule has 2 aromatic rings. The number of halogens is 1. The number of carbonyl (C=O) groups excluding carboxylic acids is 1. The van der Waals surface area contributed by atoms with Gasteiger partial charge in [0.15, 0.2) is 0 Å². The zero-order valence-electron chi connectivity index (χ0n) is 12.2. The summed E-state index contributed by atoms with van der Waals surface area (Å²) in [5, 5.41) is 2.94. The number of carbonyl (C=O) groups is 1. The zero-order chi connectivity index (χ0) is 15.0. The molecule has 0 bridgehead atoms. The molecule has 3 rings (SSSR count). The molecule has 0 saturated heterocycles. The molecule has 21 heavy (non-hydrogen) atoms. The van der Waals surface area contributed by atoms with Gasteiger partial charge in [0.1, 0.15) is 5.82 Å². The van der Waals surface area contributed by atoms with E-state index < -0.39 is 5.41 Å². The van der Waals surface area contributed by atoms with Crippen molar-refractivity contribution < 1.29 is 9.18 Å². The average molecular weight is 283 g/mol. The summed E-state index contributed by atoms with van der Waals surface area (Å²) in [6, 6.07) is 12.7. The highest BCUT2D eigenvalue weighted by Gasteiger charge is 2.43. The molecule has 2 nitrogen and oxygen atoms in total. The highest BCUT2D eigenvalue weighted by molar-refractivity contribution is 6.06. The van der Waals surface area contributed by atoms with E-state index in [1.807, 2.05) is 25.1 Å². The van der Waals surface area contributed by atoms with Crippen LogP contribution in [0, 0.1) is 5.82 Å². The molecule has 1 atom stereocenters. The first-order chi connectivity index (χ1) is 10.0. The van der Waals surface area contributed by atoms with Gasteiger partial charge >= 0.3 is 0 Å². The lowest BCUT2D eigenvalue weighted by Gasteiger charge is -2.22. The minimum absolute atomic E-state index is 0.0611. The largest absolute Gasteiger partial charge is 0.325 e. The summed E-state index contributed by atoms with van der Waals surface area (Å²) in [6.45, 7) is 3.96. The van der Waals surface area contributed by atoms with Crippen LogP contribution in [-0.2, 0) is 23.1 Å². The second-order valence-electron chi connectivity index (χ2n) is 5.79. The fourth-order valence-electron chi connectivity index (χ4n) is 2.98. The number of fused-ring (bicyclic) bond motifs is 1. The summed E-state index contributed by atoms with van der Waals surface area (Å²) in [6.07, 6.45) is 1.29. The van der Waals surface area contributed by atoms with E-state index in [1.165, 1.54) is 11.6 Å². The van der Waals surface area contributed by atoms with Crippen LogP contribution in [-0.4, -0.2) is 5.91 Å². The van der Waals surface area contributed by atoms with Crippen molar-refractivity contribution in [3.05, 3.63) is 65.0 Å². The molecule has 1 aliphatic rings. The molecule has 108 valence electrons. The molecule has 1 heterocycles. The molecule has 1 aliphatic heterocycles. The van der Waals surface area contributed by atoms with Crippen molar-refractivity contribution in [2.24, 2.45) is 0 Å². The maximum atomic E-state index is 13.9. The number of aryl methyl sites for hydroxylation is 1. The second-order valence-corrected chi connectivity index (χ2v) is 5.79. The van der Waals surface area contributed by atoms with E-state index in [2.05, 4.69) is 12.2 Å². The molecule has 1 N–H and O–H groups in total. The predicted molar refractivity (Wildman–Crippen MR) is 81.9 cm³/mol. The van der Waals surface area contributed by atoms with E-state index in [1.54, 1.807) is 18.2 Å². The van der Waals surface area contributed by atoms with Gasteiger partial charge in [0.05, 0.1) is 5.41 Å². The summed E-state index contributed by atoms with van der Waals surface area (Å²) in [7, 11) is 0. The predicted octanol–water partition coefficient (Wildman–Crippen LogP) is 3.84. The minimum atomic E-state index is -0.718. The van der Waals surface area contributed by atoms with Crippen LogP contribution in [0.1, 0.15) is 30.5 Å². The number of nitrogens with one attached hydrogen (secondary N) is 1. The van der Waals surface area contributed by atoms with Crippen molar-refractivity contribution in [1.29, 1.82) is 0 Å². The van der Waals surface area contributed by atoms with Gasteiger partial charge in [-0.15, -0.1) is 0 Å². The van der Waals surface area contributed by atoms with E-state index in [9.17, 15) is 9.18 Å². The summed E-state index contributed by atoms with van der Waals surface area (Å²) in [5.74, 6) is -0.320. The van der Waals surface area contributed by atoms with Gasteiger partial charge in [0.25, 0.3) is 0 Å². The first-order valence-electron chi connectivity index (χ1n) is 7.23. The zero-order valence-corrected chi connectivity index (χ0v) is 12.2. The van der Waals surface area contributed by atoms with Crippen molar-refractivity contribution in [1.82, 2.24) is 0 Å². The van der Waals surface area contributed by atoms with Gasteiger partial charge in [-0.2, -0.15) is 0 Å². The highest BCUT2D eigenvalue weighted by atomic mass is 19.1. The van der Waals surface area contributed by atoms with E-state index in [0.29, 0.717) is 12.0 Å². The molecular weight excluding hydrogens is 265 g/mol. The van der Waals surface area contributed by atoms with Crippen molar-refractivity contribution in [2.45, 2.75) is 32.1 Å². The maximum absolute atomic E-state index is 13.9. The minimum Gasteiger partial charge on any atom is -0.325 e. The summed E-state index contributed by atoms with van der Waals surface area (Å²) >= 11 is 0. The van der Waals surface area contributed by atoms with E-state index in [0.717, 1.165) is 17.7 Å². The molecule has 1 unspecified atom stereocenters. The Morgan fingerprint density at radius 2 is 1.95 bits per heavy atom. The van der Waals surface area contributed by atoms with Gasteiger partial charge < -0.3 is 5.32 Å². The average Bonchev–Trinajstić information content (AvgIpc) is 2.72. The Labute approximate surface area is 124 Å². The number of rotatable bonds is 3. The number of anilines is 1. The molecule has 2 aromatic carbocycles. The van der Waals surface area contributed by atoms with Crippen molar-refractivity contribution in [2.75, 3.05) is 5.32 Å². The Balaban J connectivity index is 2.02. The summed E-state index contributed by atoms with van der Waals surface area (Å²) in [5.41, 5.74) is 2.85. The van der Waals surface area contributed by atoms with Gasteiger partial charge in [-0.1, -0.05) is 37.3 Å². The number of hydrogen-bond acceptors (Lipinski definition) is 1. The summed E-state index contributed by atoms with van der Waals surface area (Å²) < 4.78 is 13.9. The number of amides is 1. The molecule has 0 fully saturated rings. The molecule has 1 amide bonds. The van der Waals surface area contributed by atoms with E-state index >= 15 is 0 Å². The number of benzene rings is 2. The van der Waals surface area contributed by atoms with Gasteiger partial charge in [-0.05, 0) is 48.6 Å². The van der Waals surface area contributed by atoms with Gasteiger partial charge in [0.2, 0.25) is 5.91 Å². The smallest absolute Gasteiger partial charge is 0.235 e. The van der Waals surface area contributed by atoms with Crippen molar-refractivity contribution in [3.63, 3.8) is 0 Å². The Morgan fingerprint density at radius 1 is 1.19 bits per heavy atom. The highest BCUT2D eigenvalue weighted by Crippen LogP contribution is 2.40. The molecule has 0 saturated carbocycles. The molecule has 0 spiro atoms. The van der Waals surface area contributed by atoms with Crippen LogP contribution in [0.15, 0.2) is 42.5 Å². The molecule has 0 aromatic heterocycles. The van der Waals surface area contributed by atoms with E-state index in [4.69, 9.17) is 0 Å². The molecular formula is C18H18FNO. The summed E-state index contributed by atoms with van der Waals surface area (Å²) in [4.78, 5) is 12.4. The first kappa shape index (κ1) is 13.8. The fraction of sp³-hybridized carbons (Fsp3) is 0.278. The lowest BCUT2D eigenvalue weighted by Crippen LogP contribution is -2.33. The lowest BCUT2D eigenvalue weighted by atomic mass is 9.78. The van der Waals surface area contributed by atoms with Gasteiger partial charge in [0, 0.05) is 5.69 Å². The normalized spacial score (nSPS) is 20.2. The molecule has 0 radical (unpaired) electrons. The van der Waals surface area contributed by atoms with Crippen LogP contribution in [0.3, 0.4) is 0 Å². The van der Waals surface area contributed by atoms with Crippen LogP contribution in [0.4, 0.5) is 10.1 Å². The van der Waals surface area contributed by atoms with Crippen LogP contribution < -0.4 is 5.32 Å². The SMILES string of the molecule is CCc1ccc2c(c1)NC(=O)C2(C)Cc1ccccc1F. The third-order valence-electron chi connectivity index (χ3n) is 4.34. The third-order valence-corrected chi connectivity index (χ3v) is 4.34. The van der Waals surface area contributed by atoms with Gasteiger partial charge in [-0.25, -0.2) is 4.39 Å². The van der Waals surface area contributed by atoms with Crippen molar-refractivity contribution in [3.8, 4) is 0 Å². The Bertz CT molecular complexity index is 710. The standard InChI is InChI=1S/C18H18FNO/c1-3-12-8-9-14-16(10-12)20-17(21)18(14,2)11-13-6-4-5-7-15(13)19/h4-10H,3,11H2,1-2H3,(H,20,21). The van der Waals surface area contributed by atoms with Crippen LogP contribution in [0.2, 0.25) is 0 Å². The topological polar surface area (TPSA) is 29.1 Å². The lowest BCUT2D eigenvalue weighted by molar-refractivity contribution is -0.120. The fourth-order valence-corrected chi connectivity index (χ4v) is 2.98. The second kappa shape index (κ2) is 4.99. The Morgan fingerprint density at radius 3 is 2.67 bits per heavy atom. The maximum Gasteiger partial charge on any atom is 0.235 e. The van der Waals surface area contributed by atoms with Crippen LogP contribution in [0.25, 0.3) is 0 Å². The quantitative estimate of drug-likeness (QED) is 0.911. The third kappa shape index (κ3) is 2.23. The first-order valence-corrected chi connectivity index (χ1v) is 7.23. The van der Waals surface area contributed by atoms with Crippen LogP contribution in [0.5, 0.6) is 0 Å². The monoisotopic (exact) mass is 283 g/mol. The molecule has 0 aliphatic carbocycles. The number of hydrogen-bond donors (Lipinski definition) is 1. The van der Waals surface area contributed by atoms with Gasteiger partial charge in [-0.3, -0.25) is 4.79 Å². The van der Waals surface area contributed by atoms with E-state index in [-0.39, 0.29) is 11.7 Å². The Hall–Kier alpha value is -2.16. The molecule has 3 heteroatoms. The van der Waals surface area contributed by atoms with Crippen molar-refractivity contribution >= 4 is 11.6 Å². The Kier molecular flexibility index (Phi) is 3.28.